The first-order chi connectivity index (χ1) is 7.83. The summed E-state index contributed by atoms with van der Waals surface area (Å²) in [5, 5.41) is 15.8. The van der Waals surface area contributed by atoms with Gasteiger partial charge in [-0.25, -0.2) is 0 Å². The number of H-pyrrole nitrogens is 1. The predicted molar refractivity (Wildman–Crippen MR) is 61.1 cm³/mol. The molecule has 0 saturated heterocycles. The van der Waals surface area contributed by atoms with E-state index in [4.69, 9.17) is 9.84 Å². The number of ether oxygens (including phenoxy) is 1. The molecule has 0 aliphatic heterocycles. The standard InChI is InChI=1S/C12H14N2O2/c1-2-16-11-5-3-9(4-6-11)12-7-10(8-15)13-14-12/h3-7,15H,2,8H2,1H3,(H,13,14). The summed E-state index contributed by atoms with van der Waals surface area (Å²) < 4.78 is 5.35. The van der Waals surface area contributed by atoms with Crippen LogP contribution in [0.25, 0.3) is 11.3 Å². The van der Waals surface area contributed by atoms with Crippen molar-refractivity contribution >= 4 is 0 Å². The molecule has 1 heterocycles. The van der Waals surface area contributed by atoms with Gasteiger partial charge in [0.05, 0.1) is 24.6 Å². The zero-order chi connectivity index (χ0) is 11.4. The van der Waals surface area contributed by atoms with Gasteiger partial charge < -0.3 is 9.84 Å². The highest BCUT2D eigenvalue weighted by atomic mass is 16.5. The Labute approximate surface area is 93.9 Å². The highest BCUT2D eigenvalue weighted by molar-refractivity contribution is 5.60. The number of nitrogens with zero attached hydrogens (tertiary/aromatic N) is 1. The molecule has 2 aromatic rings. The maximum absolute atomic E-state index is 8.92. The summed E-state index contributed by atoms with van der Waals surface area (Å²) in [5.41, 5.74) is 2.54. The number of aromatic nitrogens is 2. The summed E-state index contributed by atoms with van der Waals surface area (Å²) in [5.74, 6) is 0.851. The molecule has 4 heteroatoms. The van der Waals surface area contributed by atoms with Gasteiger partial charge in [-0.2, -0.15) is 5.10 Å². The summed E-state index contributed by atoms with van der Waals surface area (Å²) in [6.45, 7) is 2.59. The molecule has 1 aromatic heterocycles. The fourth-order valence-corrected chi connectivity index (χ4v) is 1.48. The molecule has 0 fully saturated rings. The second-order valence-corrected chi connectivity index (χ2v) is 3.39. The monoisotopic (exact) mass is 218 g/mol. The van der Waals surface area contributed by atoms with Crippen LogP contribution in [-0.2, 0) is 6.61 Å². The van der Waals surface area contributed by atoms with Gasteiger partial charge in [-0.3, -0.25) is 5.10 Å². The van der Waals surface area contributed by atoms with Crippen molar-refractivity contribution in [2.75, 3.05) is 6.61 Å². The van der Waals surface area contributed by atoms with Gasteiger partial charge in [0, 0.05) is 5.56 Å². The lowest BCUT2D eigenvalue weighted by Crippen LogP contribution is -1.90. The Bertz CT molecular complexity index is 448. The lowest BCUT2D eigenvalue weighted by atomic mass is 10.1. The first-order valence-electron chi connectivity index (χ1n) is 5.22. The molecule has 0 unspecified atom stereocenters. The molecular formula is C12H14N2O2. The SMILES string of the molecule is CCOc1ccc(-c2cc(CO)[nH]n2)cc1. The smallest absolute Gasteiger partial charge is 0.119 e. The molecule has 0 atom stereocenters. The van der Waals surface area contributed by atoms with Gasteiger partial charge in [-0.05, 0) is 37.3 Å². The second kappa shape index (κ2) is 4.81. The summed E-state index contributed by atoms with van der Waals surface area (Å²) in [7, 11) is 0. The minimum atomic E-state index is -0.0238. The molecule has 4 nitrogen and oxygen atoms in total. The van der Waals surface area contributed by atoms with E-state index in [0.717, 1.165) is 17.0 Å². The first-order valence-corrected chi connectivity index (χ1v) is 5.22. The Morgan fingerprint density at radius 3 is 2.62 bits per heavy atom. The molecule has 2 N–H and O–H groups in total. The highest BCUT2D eigenvalue weighted by Gasteiger charge is 2.03. The average molecular weight is 218 g/mol. The number of benzene rings is 1. The van der Waals surface area contributed by atoms with Crippen molar-refractivity contribution < 1.29 is 9.84 Å². The van der Waals surface area contributed by atoms with E-state index in [2.05, 4.69) is 10.2 Å². The van der Waals surface area contributed by atoms with E-state index < -0.39 is 0 Å². The fraction of sp³-hybridized carbons (Fsp3) is 0.250. The average Bonchev–Trinajstić information content (AvgIpc) is 2.79. The van der Waals surface area contributed by atoms with Crippen LogP contribution in [0, 0.1) is 0 Å². The molecule has 2 rings (SSSR count). The van der Waals surface area contributed by atoms with Crippen LogP contribution in [-0.4, -0.2) is 21.9 Å². The van der Waals surface area contributed by atoms with Crippen molar-refractivity contribution in [2.45, 2.75) is 13.5 Å². The van der Waals surface area contributed by atoms with Gasteiger partial charge in [0.15, 0.2) is 0 Å². The lowest BCUT2D eigenvalue weighted by Gasteiger charge is -2.02. The molecule has 84 valence electrons. The van der Waals surface area contributed by atoms with Gasteiger partial charge in [-0.1, -0.05) is 0 Å². The molecule has 0 bridgehead atoms. The molecular weight excluding hydrogens is 204 g/mol. The van der Waals surface area contributed by atoms with E-state index in [1.54, 1.807) is 0 Å². The van der Waals surface area contributed by atoms with Gasteiger partial charge in [-0.15, -0.1) is 0 Å². The molecule has 0 spiro atoms. The maximum atomic E-state index is 8.92. The number of hydrogen-bond donors (Lipinski definition) is 2. The molecule has 16 heavy (non-hydrogen) atoms. The summed E-state index contributed by atoms with van der Waals surface area (Å²) >= 11 is 0. The zero-order valence-corrected chi connectivity index (χ0v) is 9.10. The number of rotatable bonds is 4. The van der Waals surface area contributed by atoms with Crippen molar-refractivity contribution in [1.82, 2.24) is 10.2 Å². The lowest BCUT2D eigenvalue weighted by molar-refractivity contribution is 0.276. The Kier molecular flexibility index (Phi) is 3.22. The maximum Gasteiger partial charge on any atom is 0.119 e. The first kappa shape index (κ1) is 10.7. The second-order valence-electron chi connectivity index (χ2n) is 3.39. The Morgan fingerprint density at radius 1 is 1.31 bits per heavy atom. The van der Waals surface area contributed by atoms with Crippen LogP contribution in [0.2, 0.25) is 0 Å². The van der Waals surface area contributed by atoms with E-state index in [0.29, 0.717) is 12.3 Å². The zero-order valence-electron chi connectivity index (χ0n) is 9.10. The third-order valence-electron chi connectivity index (χ3n) is 2.26. The van der Waals surface area contributed by atoms with Crippen molar-refractivity contribution in [1.29, 1.82) is 0 Å². The largest absolute Gasteiger partial charge is 0.494 e. The quantitative estimate of drug-likeness (QED) is 0.824. The molecule has 0 amide bonds. The molecule has 0 saturated carbocycles. The van der Waals surface area contributed by atoms with Crippen molar-refractivity contribution in [3.8, 4) is 17.0 Å². The van der Waals surface area contributed by atoms with Crippen LogP contribution < -0.4 is 4.74 Å². The summed E-state index contributed by atoms with van der Waals surface area (Å²) in [6.07, 6.45) is 0. The van der Waals surface area contributed by atoms with Gasteiger partial charge >= 0.3 is 0 Å². The minimum Gasteiger partial charge on any atom is -0.494 e. The van der Waals surface area contributed by atoms with Crippen molar-refractivity contribution in [3.63, 3.8) is 0 Å². The number of nitrogens with one attached hydrogen (secondary N) is 1. The highest BCUT2D eigenvalue weighted by Crippen LogP contribution is 2.21. The van der Waals surface area contributed by atoms with Gasteiger partial charge in [0.25, 0.3) is 0 Å². The van der Waals surface area contributed by atoms with Gasteiger partial charge in [0.2, 0.25) is 0 Å². The fourth-order valence-electron chi connectivity index (χ4n) is 1.48. The normalized spacial score (nSPS) is 10.4. The van der Waals surface area contributed by atoms with Crippen LogP contribution in [0.15, 0.2) is 30.3 Å². The van der Waals surface area contributed by atoms with Crippen LogP contribution >= 0.6 is 0 Å². The number of aliphatic hydroxyl groups excluding tert-OH is 1. The third kappa shape index (κ3) is 2.23. The number of aliphatic hydroxyl groups is 1. The van der Waals surface area contributed by atoms with Crippen LogP contribution in [0.4, 0.5) is 0 Å². The third-order valence-corrected chi connectivity index (χ3v) is 2.26. The van der Waals surface area contributed by atoms with E-state index >= 15 is 0 Å². The van der Waals surface area contributed by atoms with Crippen LogP contribution in [0.1, 0.15) is 12.6 Å². The molecule has 0 aliphatic rings. The van der Waals surface area contributed by atoms with Crippen molar-refractivity contribution in [3.05, 3.63) is 36.0 Å². The minimum absolute atomic E-state index is 0.0238. The molecule has 0 radical (unpaired) electrons. The Morgan fingerprint density at radius 2 is 2.06 bits per heavy atom. The van der Waals surface area contributed by atoms with E-state index in [1.807, 2.05) is 37.3 Å². The number of hydrogen-bond acceptors (Lipinski definition) is 3. The Balaban J connectivity index is 2.20. The predicted octanol–water partition coefficient (Wildman–Crippen LogP) is 1.97. The summed E-state index contributed by atoms with van der Waals surface area (Å²) in [4.78, 5) is 0. The molecule has 0 aliphatic carbocycles. The Hall–Kier alpha value is -1.81. The summed E-state index contributed by atoms with van der Waals surface area (Å²) in [6, 6.07) is 9.54. The topological polar surface area (TPSA) is 58.1 Å². The van der Waals surface area contributed by atoms with Crippen molar-refractivity contribution in [2.24, 2.45) is 0 Å². The van der Waals surface area contributed by atoms with E-state index in [9.17, 15) is 0 Å². The number of aromatic amines is 1. The van der Waals surface area contributed by atoms with Crippen LogP contribution in [0.3, 0.4) is 0 Å². The van der Waals surface area contributed by atoms with Crippen LogP contribution in [0.5, 0.6) is 5.75 Å². The molecule has 1 aromatic carbocycles. The van der Waals surface area contributed by atoms with E-state index in [1.165, 1.54) is 0 Å². The van der Waals surface area contributed by atoms with Gasteiger partial charge in [0.1, 0.15) is 5.75 Å². The van der Waals surface area contributed by atoms with E-state index in [-0.39, 0.29) is 6.61 Å².